The average molecular weight is 268 g/mol. The van der Waals surface area contributed by atoms with Crippen molar-refractivity contribution in [3.05, 3.63) is 47.5 Å². The first kappa shape index (κ1) is 12.6. The molecule has 1 heterocycles. The number of rotatable bonds is 1. The predicted molar refractivity (Wildman–Crippen MR) is 81.4 cm³/mol. The standard InChI is InChI=1S/C19H24O/c1-2-8-14(9-3-1)19-17-12-5-4-10-15(17)16-11-6-7-13-18(16)20-19/h1-3,8-10,16-19H,4-7,11-13H2/t16-,17+,18-,19-/m0/s1. The molecule has 0 radical (unpaired) electrons. The first-order valence-corrected chi connectivity index (χ1v) is 8.34. The summed E-state index contributed by atoms with van der Waals surface area (Å²) in [6.45, 7) is 0. The third-order valence-electron chi connectivity index (χ3n) is 5.47. The average Bonchev–Trinajstić information content (AvgIpc) is 2.55. The fourth-order valence-electron chi connectivity index (χ4n) is 4.55. The molecule has 1 heteroatoms. The molecular weight excluding hydrogens is 244 g/mol. The van der Waals surface area contributed by atoms with Crippen LogP contribution < -0.4 is 0 Å². The summed E-state index contributed by atoms with van der Waals surface area (Å²) >= 11 is 0. The Balaban J connectivity index is 1.70. The van der Waals surface area contributed by atoms with Gasteiger partial charge < -0.3 is 4.74 Å². The normalized spacial score (nSPS) is 36.7. The van der Waals surface area contributed by atoms with Crippen molar-refractivity contribution in [2.24, 2.45) is 11.8 Å². The Morgan fingerprint density at radius 3 is 2.55 bits per heavy atom. The van der Waals surface area contributed by atoms with E-state index in [2.05, 4.69) is 36.4 Å². The highest BCUT2D eigenvalue weighted by atomic mass is 16.5. The quantitative estimate of drug-likeness (QED) is 0.648. The summed E-state index contributed by atoms with van der Waals surface area (Å²) in [5, 5.41) is 0. The third kappa shape index (κ3) is 2.13. The van der Waals surface area contributed by atoms with E-state index in [1.807, 2.05) is 0 Å². The summed E-state index contributed by atoms with van der Waals surface area (Å²) in [5.74, 6) is 1.37. The van der Waals surface area contributed by atoms with Crippen molar-refractivity contribution < 1.29 is 4.74 Å². The van der Waals surface area contributed by atoms with Crippen LogP contribution in [0.15, 0.2) is 42.0 Å². The van der Waals surface area contributed by atoms with Gasteiger partial charge in [-0.3, -0.25) is 0 Å². The van der Waals surface area contributed by atoms with E-state index in [1.54, 1.807) is 5.57 Å². The molecule has 0 amide bonds. The molecule has 1 nitrogen and oxygen atoms in total. The second kappa shape index (κ2) is 5.37. The van der Waals surface area contributed by atoms with Gasteiger partial charge in [0.15, 0.2) is 0 Å². The maximum Gasteiger partial charge on any atom is 0.0894 e. The Kier molecular flexibility index (Phi) is 3.39. The molecule has 2 fully saturated rings. The van der Waals surface area contributed by atoms with E-state index >= 15 is 0 Å². The zero-order chi connectivity index (χ0) is 13.4. The van der Waals surface area contributed by atoms with Gasteiger partial charge in [0.25, 0.3) is 0 Å². The lowest BCUT2D eigenvalue weighted by atomic mass is 9.68. The maximum atomic E-state index is 6.61. The molecule has 106 valence electrons. The molecule has 0 spiro atoms. The molecular formula is C19H24O. The number of hydrogen-bond donors (Lipinski definition) is 0. The van der Waals surface area contributed by atoms with Crippen LogP contribution in [-0.4, -0.2) is 6.10 Å². The molecule has 20 heavy (non-hydrogen) atoms. The molecule has 0 bridgehead atoms. The molecule has 1 aromatic carbocycles. The number of hydrogen-bond acceptors (Lipinski definition) is 1. The van der Waals surface area contributed by atoms with Crippen LogP contribution in [0.3, 0.4) is 0 Å². The van der Waals surface area contributed by atoms with Crippen LogP contribution in [0, 0.1) is 11.8 Å². The first-order valence-electron chi connectivity index (χ1n) is 8.34. The van der Waals surface area contributed by atoms with Gasteiger partial charge >= 0.3 is 0 Å². The molecule has 4 atom stereocenters. The van der Waals surface area contributed by atoms with E-state index in [0.717, 1.165) is 5.92 Å². The van der Waals surface area contributed by atoms with Gasteiger partial charge in [0.2, 0.25) is 0 Å². The summed E-state index contributed by atoms with van der Waals surface area (Å²) < 4.78 is 6.61. The Hall–Kier alpha value is -1.08. The van der Waals surface area contributed by atoms with Crippen LogP contribution in [-0.2, 0) is 4.74 Å². The van der Waals surface area contributed by atoms with Crippen molar-refractivity contribution >= 4 is 0 Å². The third-order valence-corrected chi connectivity index (χ3v) is 5.47. The molecule has 4 rings (SSSR count). The van der Waals surface area contributed by atoms with Crippen molar-refractivity contribution in [1.29, 1.82) is 0 Å². The summed E-state index contributed by atoms with van der Waals surface area (Å²) in [6.07, 6.45) is 12.6. The zero-order valence-electron chi connectivity index (χ0n) is 12.1. The van der Waals surface area contributed by atoms with Gasteiger partial charge in [0.05, 0.1) is 12.2 Å². The summed E-state index contributed by atoms with van der Waals surface area (Å²) in [5.41, 5.74) is 3.13. The molecule has 0 aromatic heterocycles. The van der Waals surface area contributed by atoms with Gasteiger partial charge in [0.1, 0.15) is 0 Å². The largest absolute Gasteiger partial charge is 0.369 e. The lowest BCUT2D eigenvalue weighted by Crippen LogP contribution is -2.41. The fourth-order valence-corrected chi connectivity index (χ4v) is 4.55. The van der Waals surface area contributed by atoms with E-state index in [4.69, 9.17) is 4.74 Å². The fraction of sp³-hybridized carbons (Fsp3) is 0.579. The molecule has 1 saturated carbocycles. The highest BCUT2D eigenvalue weighted by Crippen LogP contribution is 2.50. The van der Waals surface area contributed by atoms with Gasteiger partial charge in [-0.25, -0.2) is 0 Å². The second-order valence-corrected chi connectivity index (χ2v) is 6.64. The predicted octanol–water partition coefficient (Wildman–Crippen LogP) is 5.04. The Bertz CT molecular complexity index is 490. The zero-order valence-corrected chi connectivity index (χ0v) is 12.1. The highest BCUT2D eigenvalue weighted by Gasteiger charge is 2.43. The van der Waals surface area contributed by atoms with Crippen LogP contribution >= 0.6 is 0 Å². The van der Waals surface area contributed by atoms with Crippen molar-refractivity contribution in [2.45, 2.75) is 57.2 Å². The van der Waals surface area contributed by atoms with Crippen molar-refractivity contribution in [1.82, 2.24) is 0 Å². The second-order valence-electron chi connectivity index (χ2n) is 6.64. The molecule has 1 saturated heterocycles. The van der Waals surface area contributed by atoms with Gasteiger partial charge in [-0.1, -0.05) is 54.8 Å². The van der Waals surface area contributed by atoms with E-state index in [9.17, 15) is 0 Å². The first-order chi connectivity index (χ1) is 9.93. The van der Waals surface area contributed by atoms with Crippen molar-refractivity contribution in [3.8, 4) is 0 Å². The van der Waals surface area contributed by atoms with Gasteiger partial charge in [-0.05, 0) is 37.7 Å². The summed E-state index contributed by atoms with van der Waals surface area (Å²) in [7, 11) is 0. The summed E-state index contributed by atoms with van der Waals surface area (Å²) in [4.78, 5) is 0. The minimum absolute atomic E-state index is 0.307. The molecule has 0 unspecified atom stereocenters. The number of ether oxygens (including phenoxy) is 1. The lowest BCUT2D eigenvalue weighted by molar-refractivity contribution is -0.106. The number of allylic oxidation sites excluding steroid dienone is 1. The molecule has 3 aliphatic rings. The SMILES string of the molecule is C1=C2[C@@H](CCC1)[C@H](c1ccccc1)O[C@H]1CCCC[C@@H]21. The topological polar surface area (TPSA) is 9.23 Å². The van der Waals surface area contributed by atoms with Crippen molar-refractivity contribution in [2.75, 3.05) is 0 Å². The van der Waals surface area contributed by atoms with E-state index in [0.29, 0.717) is 18.1 Å². The van der Waals surface area contributed by atoms with E-state index in [1.165, 1.54) is 50.5 Å². The van der Waals surface area contributed by atoms with E-state index < -0.39 is 0 Å². The van der Waals surface area contributed by atoms with Crippen molar-refractivity contribution in [3.63, 3.8) is 0 Å². The number of benzene rings is 1. The molecule has 1 aromatic rings. The molecule has 0 N–H and O–H groups in total. The highest BCUT2D eigenvalue weighted by molar-refractivity contribution is 5.27. The monoisotopic (exact) mass is 268 g/mol. The smallest absolute Gasteiger partial charge is 0.0894 e. The lowest BCUT2D eigenvalue weighted by Gasteiger charge is -2.47. The van der Waals surface area contributed by atoms with Crippen LogP contribution in [0.4, 0.5) is 0 Å². The Morgan fingerprint density at radius 2 is 1.65 bits per heavy atom. The van der Waals surface area contributed by atoms with Crippen LogP contribution in [0.2, 0.25) is 0 Å². The molecule has 2 aliphatic carbocycles. The van der Waals surface area contributed by atoms with Crippen LogP contribution in [0.1, 0.15) is 56.6 Å². The van der Waals surface area contributed by atoms with Gasteiger partial charge in [0, 0.05) is 11.8 Å². The minimum atomic E-state index is 0.307. The Labute approximate surface area is 122 Å². The van der Waals surface area contributed by atoms with E-state index in [-0.39, 0.29) is 0 Å². The Morgan fingerprint density at radius 1 is 0.850 bits per heavy atom. The van der Waals surface area contributed by atoms with Gasteiger partial charge in [-0.15, -0.1) is 0 Å². The summed E-state index contributed by atoms with van der Waals surface area (Å²) in [6, 6.07) is 10.9. The van der Waals surface area contributed by atoms with Crippen LogP contribution in [0.25, 0.3) is 0 Å². The minimum Gasteiger partial charge on any atom is -0.369 e. The molecule has 1 aliphatic heterocycles. The van der Waals surface area contributed by atoms with Crippen LogP contribution in [0.5, 0.6) is 0 Å². The van der Waals surface area contributed by atoms with Gasteiger partial charge in [-0.2, -0.15) is 0 Å². The maximum absolute atomic E-state index is 6.61. The number of fused-ring (bicyclic) bond motifs is 3.